The van der Waals surface area contributed by atoms with Gasteiger partial charge in [-0.05, 0) is 28.4 Å². The van der Waals surface area contributed by atoms with Gasteiger partial charge in [-0.25, -0.2) is 5.57 Å². The van der Waals surface area contributed by atoms with Gasteiger partial charge in [0, 0.05) is 0 Å². The van der Waals surface area contributed by atoms with E-state index in [2.05, 4.69) is 155 Å². The van der Waals surface area contributed by atoms with E-state index in [1.807, 2.05) is 0 Å². The summed E-state index contributed by atoms with van der Waals surface area (Å²) in [5, 5.41) is 0. The van der Waals surface area contributed by atoms with Crippen LogP contribution in [0.1, 0.15) is 110 Å². The Morgan fingerprint density at radius 3 is 2.02 bits per heavy atom. The van der Waals surface area contributed by atoms with Crippen molar-refractivity contribution in [3.63, 3.8) is 0 Å². The van der Waals surface area contributed by atoms with Gasteiger partial charge < -0.3 is 0 Å². The quantitative estimate of drug-likeness (QED) is 0.200. The maximum atomic E-state index is 3.67. The first-order valence-corrected chi connectivity index (χ1v) is 16.5. The molecule has 0 nitrogen and oxygen atoms in total. The second-order valence-corrected chi connectivity index (χ2v) is 15.3. The van der Waals surface area contributed by atoms with Gasteiger partial charge >= 0.3 is 76.7 Å². The molecule has 0 aromatic heterocycles. The topological polar surface area (TPSA) is 0 Å². The van der Waals surface area contributed by atoms with E-state index >= 15 is 0 Å². The Bertz CT molecular complexity index is 1340. The average Bonchev–Trinajstić information content (AvgIpc) is 3.46. The van der Waals surface area contributed by atoms with Gasteiger partial charge in [-0.2, -0.15) is 35.4 Å². The molecule has 0 aliphatic heterocycles. The van der Waals surface area contributed by atoms with Crippen LogP contribution in [-0.2, 0) is 41.5 Å². The summed E-state index contributed by atoms with van der Waals surface area (Å²) in [6, 6.07) is 25.8. The minimum absolute atomic E-state index is 0.167. The molecule has 41 heavy (non-hydrogen) atoms. The van der Waals surface area contributed by atoms with Crippen molar-refractivity contribution in [2.24, 2.45) is 11.8 Å². The van der Waals surface area contributed by atoms with Crippen LogP contribution in [0.2, 0.25) is 0 Å². The maximum absolute atomic E-state index is 3.67. The molecule has 2 aliphatic carbocycles. The van der Waals surface area contributed by atoms with Crippen molar-refractivity contribution in [1.82, 2.24) is 0 Å². The molecule has 0 heterocycles. The van der Waals surface area contributed by atoms with E-state index in [4.69, 9.17) is 0 Å². The predicted molar refractivity (Wildman–Crippen MR) is 176 cm³/mol. The molecule has 0 bridgehead atoms. The molecule has 0 fully saturated rings. The molecule has 3 aromatic carbocycles. The Kier molecular flexibility index (Phi) is 11.3. The van der Waals surface area contributed by atoms with Gasteiger partial charge in [0.25, 0.3) is 0 Å². The van der Waals surface area contributed by atoms with E-state index in [-0.39, 0.29) is 10.8 Å². The molecular weight excluding hydrogens is 572 g/mol. The first-order valence-electron chi connectivity index (χ1n) is 15.3. The van der Waals surface area contributed by atoms with Crippen molar-refractivity contribution in [3.05, 3.63) is 118 Å². The molecule has 5 rings (SSSR count). The molecular formula is C40H50Zr. The van der Waals surface area contributed by atoms with Gasteiger partial charge in [-0.1, -0.05) is 105 Å². The van der Waals surface area contributed by atoms with Gasteiger partial charge in [0.05, 0.1) is 0 Å². The fourth-order valence-corrected chi connectivity index (χ4v) is 5.77. The van der Waals surface area contributed by atoms with Crippen LogP contribution in [0.5, 0.6) is 0 Å². The third kappa shape index (κ3) is 8.94. The van der Waals surface area contributed by atoms with Gasteiger partial charge in [0.2, 0.25) is 0 Å². The average molecular weight is 622 g/mol. The molecule has 1 atom stereocenters. The third-order valence-electron chi connectivity index (χ3n) is 7.87. The van der Waals surface area contributed by atoms with Crippen molar-refractivity contribution in [2.75, 3.05) is 0 Å². The van der Waals surface area contributed by atoms with Crippen LogP contribution in [0, 0.1) is 24.0 Å². The Morgan fingerprint density at radius 2 is 1.54 bits per heavy atom. The summed E-state index contributed by atoms with van der Waals surface area (Å²) in [4.78, 5) is 0. The molecule has 0 amide bonds. The first kappa shape index (κ1) is 33.4. The summed E-state index contributed by atoms with van der Waals surface area (Å²) in [7, 11) is 0. The van der Waals surface area contributed by atoms with Gasteiger partial charge in [-0.3, -0.25) is 6.08 Å². The van der Waals surface area contributed by atoms with E-state index in [1.165, 1.54) is 80.7 Å². The minimum atomic E-state index is 0.167. The zero-order chi connectivity index (χ0) is 30.5. The molecule has 3 aromatic rings. The second kappa shape index (κ2) is 13.9. The number of hydrogen-bond acceptors (Lipinski definition) is 0. The Morgan fingerprint density at radius 1 is 0.902 bits per heavy atom. The number of rotatable bonds is 3. The standard InChI is InChI=1S/C21H25.C10H15.C9H10.Zr/c1-20(2,3)16-7-9-18-14(12-16)11-15-13-17(21(4,5)6)8-10-19(15)18;1-7(2)10-6-8(3)5-9(10)4;1-2-6-9-7-4-3-5-8-9;/h7-10,12H,11H2,1-6H3;6-8H,1-4H3;3-5,7-8H,2H2,1H3;/q2*-1;;+2. The molecule has 0 N–H and O–H groups in total. The summed E-state index contributed by atoms with van der Waals surface area (Å²) in [6.45, 7) is 24.6. The molecule has 2 aliphatic rings. The third-order valence-corrected chi connectivity index (χ3v) is 9.45. The van der Waals surface area contributed by atoms with Crippen LogP contribution in [0.3, 0.4) is 0 Å². The molecule has 0 radical (unpaired) electrons. The number of allylic oxidation sites excluding steroid dienone is 4. The fraction of sp³-hybridized carbons (Fsp3) is 0.425. The molecule has 214 valence electrons. The summed E-state index contributed by atoms with van der Waals surface area (Å²) >= 11 is 1.54. The van der Waals surface area contributed by atoms with E-state index in [9.17, 15) is 0 Å². The molecule has 0 saturated heterocycles. The predicted octanol–water partition coefficient (Wildman–Crippen LogP) is 10.8. The molecule has 1 heteroatoms. The summed E-state index contributed by atoms with van der Waals surface area (Å²) in [5.41, 5.74) is 12.9. The van der Waals surface area contributed by atoms with Crippen LogP contribution < -0.4 is 0 Å². The van der Waals surface area contributed by atoms with Crippen molar-refractivity contribution < 1.29 is 24.2 Å². The van der Waals surface area contributed by atoms with Crippen LogP contribution in [0.15, 0.2) is 77.9 Å². The molecule has 0 saturated carbocycles. The van der Waals surface area contributed by atoms with E-state index in [1.54, 1.807) is 3.21 Å². The zero-order valence-electron chi connectivity index (χ0n) is 27.4. The normalized spacial score (nSPS) is 15.6. The summed E-state index contributed by atoms with van der Waals surface area (Å²) in [5.74, 6) is 1.20. The summed E-state index contributed by atoms with van der Waals surface area (Å²) < 4.78 is 1.55. The Balaban J connectivity index is 0.000000193. The Hall–Kier alpha value is -2.11. The van der Waals surface area contributed by atoms with Crippen LogP contribution in [0.25, 0.3) is 11.1 Å². The SMILES string of the molecule is CC(C)(C)c1[c-]c2c(cc1)-c1ccc(C(C)(C)C)cc1C2.CC1=[C-]C(C)C=C1C(C)C.CC[C](=[Zr+2])c1ccccc1. The van der Waals surface area contributed by atoms with Crippen molar-refractivity contribution in [2.45, 2.75) is 99.8 Å². The molecule has 1 unspecified atom stereocenters. The number of hydrogen-bond donors (Lipinski definition) is 0. The molecule has 0 spiro atoms. The van der Waals surface area contributed by atoms with Gasteiger partial charge in [0.15, 0.2) is 0 Å². The number of fused-ring (bicyclic) bond motifs is 3. The number of benzene rings is 3. The summed E-state index contributed by atoms with van der Waals surface area (Å²) in [6.07, 6.45) is 7.89. The Labute approximate surface area is 266 Å². The van der Waals surface area contributed by atoms with Crippen LogP contribution >= 0.6 is 0 Å². The monoisotopic (exact) mass is 620 g/mol. The fourth-order valence-electron chi connectivity index (χ4n) is 5.36. The first-order chi connectivity index (χ1) is 19.1. The van der Waals surface area contributed by atoms with E-state index < -0.39 is 0 Å². The van der Waals surface area contributed by atoms with Gasteiger partial charge in [0.1, 0.15) is 0 Å². The van der Waals surface area contributed by atoms with Crippen molar-refractivity contribution in [3.8, 4) is 11.1 Å². The van der Waals surface area contributed by atoms with Crippen LogP contribution in [-0.4, -0.2) is 3.21 Å². The second-order valence-electron chi connectivity index (χ2n) is 13.8. The van der Waals surface area contributed by atoms with Crippen LogP contribution in [0.4, 0.5) is 0 Å². The van der Waals surface area contributed by atoms with Crippen molar-refractivity contribution in [1.29, 1.82) is 0 Å². The zero-order valence-corrected chi connectivity index (χ0v) is 29.9. The van der Waals surface area contributed by atoms with E-state index in [0.717, 1.165) is 6.42 Å². The van der Waals surface area contributed by atoms with Crippen molar-refractivity contribution >= 4 is 3.21 Å². The van der Waals surface area contributed by atoms with Gasteiger partial charge in [-0.15, -0.1) is 11.1 Å². The van der Waals surface area contributed by atoms with E-state index in [0.29, 0.717) is 11.8 Å².